The molecule has 0 atom stereocenters. The van der Waals surface area contributed by atoms with E-state index in [0.29, 0.717) is 5.56 Å². The summed E-state index contributed by atoms with van der Waals surface area (Å²) < 4.78 is 24.8. The van der Waals surface area contributed by atoms with Gasteiger partial charge < -0.3 is 5.73 Å². The zero-order chi connectivity index (χ0) is 14.9. The smallest absolute Gasteiger partial charge is 0.201 e. The summed E-state index contributed by atoms with van der Waals surface area (Å²) in [4.78, 5) is 8.09. The number of nitrogen functional groups attached to an aromatic ring is 1. The third-order valence-electron chi connectivity index (χ3n) is 3.12. The summed E-state index contributed by atoms with van der Waals surface area (Å²) in [5.41, 5.74) is 7.38. The zero-order valence-electron chi connectivity index (χ0n) is 11.1. The van der Waals surface area contributed by atoms with Gasteiger partial charge in [-0.3, -0.25) is 4.98 Å². The Morgan fingerprint density at radius 3 is 2.57 bits per heavy atom. The highest BCUT2D eigenvalue weighted by atomic mass is 32.2. The van der Waals surface area contributed by atoms with Crippen LogP contribution >= 0.6 is 0 Å². The molecule has 2 aromatic heterocycles. The molecule has 6 heteroatoms. The van der Waals surface area contributed by atoms with Gasteiger partial charge >= 0.3 is 0 Å². The first-order valence-electron chi connectivity index (χ1n) is 6.33. The van der Waals surface area contributed by atoms with E-state index in [9.17, 15) is 8.42 Å². The van der Waals surface area contributed by atoms with E-state index in [2.05, 4.69) is 9.97 Å². The molecule has 0 aliphatic carbocycles. The first-order chi connectivity index (χ1) is 10.1. The van der Waals surface area contributed by atoms with E-state index in [1.807, 2.05) is 24.3 Å². The van der Waals surface area contributed by atoms with E-state index in [-0.39, 0.29) is 16.5 Å². The normalized spacial score (nSPS) is 11.6. The van der Waals surface area contributed by atoms with Gasteiger partial charge in [-0.25, -0.2) is 13.4 Å². The molecule has 1 aromatic carbocycles. The highest BCUT2D eigenvalue weighted by Gasteiger charge is 2.19. The number of sulfone groups is 1. The Morgan fingerprint density at radius 2 is 1.76 bits per heavy atom. The predicted molar refractivity (Wildman–Crippen MR) is 81.3 cm³/mol. The third-order valence-corrected chi connectivity index (χ3v) is 4.76. The first-order valence-corrected chi connectivity index (χ1v) is 7.98. The molecule has 0 aliphatic rings. The number of anilines is 1. The van der Waals surface area contributed by atoms with Gasteiger partial charge in [0.1, 0.15) is 0 Å². The van der Waals surface area contributed by atoms with Gasteiger partial charge in [0.2, 0.25) is 9.84 Å². The van der Waals surface area contributed by atoms with Gasteiger partial charge in [-0.15, -0.1) is 0 Å². The number of hydrogen-bond acceptors (Lipinski definition) is 5. The highest BCUT2D eigenvalue weighted by Crippen LogP contribution is 2.21. The van der Waals surface area contributed by atoms with E-state index in [0.717, 1.165) is 10.9 Å². The third kappa shape index (κ3) is 2.71. The van der Waals surface area contributed by atoms with Crippen LogP contribution in [0.4, 0.5) is 5.69 Å². The standard InChI is InChI=1S/C15H13N3O2S/c16-13-4-2-8-18-15(13)21(19,20)10-11-5-6-14-12(9-11)3-1-7-17-14/h1-9H,10,16H2. The maximum atomic E-state index is 12.4. The number of hydrogen-bond donors (Lipinski definition) is 1. The van der Waals surface area contributed by atoms with Gasteiger partial charge in [-0.05, 0) is 35.9 Å². The lowest BCUT2D eigenvalue weighted by molar-refractivity contribution is 0.592. The van der Waals surface area contributed by atoms with Crippen LogP contribution in [-0.4, -0.2) is 18.4 Å². The topological polar surface area (TPSA) is 85.9 Å². The van der Waals surface area contributed by atoms with Crippen molar-refractivity contribution < 1.29 is 8.42 Å². The molecular formula is C15H13N3O2S. The molecular weight excluding hydrogens is 286 g/mol. The molecule has 3 rings (SSSR count). The molecule has 0 saturated carbocycles. The molecule has 0 fully saturated rings. The Labute approximate surface area is 122 Å². The SMILES string of the molecule is Nc1cccnc1S(=O)(=O)Cc1ccc2ncccc2c1. The van der Waals surface area contributed by atoms with Gasteiger partial charge in [-0.2, -0.15) is 0 Å². The van der Waals surface area contributed by atoms with Gasteiger partial charge in [0.05, 0.1) is 17.0 Å². The van der Waals surface area contributed by atoms with E-state index in [4.69, 9.17) is 5.73 Å². The highest BCUT2D eigenvalue weighted by molar-refractivity contribution is 7.90. The first kappa shape index (κ1) is 13.5. The largest absolute Gasteiger partial charge is 0.396 e. The van der Waals surface area contributed by atoms with Crippen LogP contribution in [0.1, 0.15) is 5.56 Å². The number of pyridine rings is 2. The minimum Gasteiger partial charge on any atom is -0.396 e. The minimum atomic E-state index is -3.57. The van der Waals surface area contributed by atoms with Crippen LogP contribution in [0, 0.1) is 0 Å². The van der Waals surface area contributed by atoms with Crippen molar-refractivity contribution in [2.75, 3.05) is 5.73 Å². The maximum absolute atomic E-state index is 12.4. The molecule has 3 aromatic rings. The van der Waals surface area contributed by atoms with Gasteiger partial charge in [0.15, 0.2) is 5.03 Å². The average molecular weight is 299 g/mol. The average Bonchev–Trinajstić information content (AvgIpc) is 2.47. The molecule has 0 unspecified atom stereocenters. The minimum absolute atomic E-state index is 0.0729. The molecule has 0 bridgehead atoms. The Balaban J connectivity index is 1.99. The van der Waals surface area contributed by atoms with Crippen molar-refractivity contribution in [3.05, 3.63) is 60.4 Å². The zero-order valence-corrected chi connectivity index (χ0v) is 11.9. The van der Waals surface area contributed by atoms with Crippen LogP contribution < -0.4 is 5.73 Å². The summed E-state index contributed by atoms with van der Waals surface area (Å²) in [5, 5.41) is 0.829. The number of fused-ring (bicyclic) bond motifs is 1. The monoisotopic (exact) mass is 299 g/mol. The molecule has 0 saturated heterocycles. The lowest BCUT2D eigenvalue weighted by Gasteiger charge is -2.07. The summed E-state index contributed by atoms with van der Waals surface area (Å²) in [6, 6.07) is 12.2. The molecule has 2 N–H and O–H groups in total. The van der Waals surface area contributed by atoms with Crippen molar-refractivity contribution >= 4 is 26.4 Å². The van der Waals surface area contributed by atoms with E-state index in [1.165, 1.54) is 12.3 Å². The van der Waals surface area contributed by atoms with Crippen molar-refractivity contribution in [1.29, 1.82) is 0 Å². The van der Waals surface area contributed by atoms with E-state index >= 15 is 0 Å². The molecule has 0 radical (unpaired) electrons. The Morgan fingerprint density at radius 1 is 1.00 bits per heavy atom. The van der Waals surface area contributed by atoms with Crippen LogP contribution in [0.5, 0.6) is 0 Å². The number of benzene rings is 1. The van der Waals surface area contributed by atoms with Gasteiger partial charge in [-0.1, -0.05) is 12.1 Å². The number of nitrogens with two attached hydrogens (primary N) is 1. The fourth-order valence-corrected chi connectivity index (χ4v) is 3.57. The fourth-order valence-electron chi connectivity index (χ4n) is 2.17. The quantitative estimate of drug-likeness (QED) is 0.801. The van der Waals surface area contributed by atoms with E-state index in [1.54, 1.807) is 18.3 Å². The summed E-state index contributed by atoms with van der Waals surface area (Å²) in [6.45, 7) is 0. The molecule has 106 valence electrons. The van der Waals surface area contributed by atoms with Crippen molar-refractivity contribution in [3.8, 4) is 0 Å². The second kappa shape index (κ2) is 5.14. The van der Waals surface area contributed by atoms with Crippen molar-refractivity contribution in [3.63, 3.8) is 0 Å². The van der Waals surface area contributed by atoms with Crippen molar-refractivity contribution in [2.24, 2.45) is 0 Å². The second-order valence-electron chi connectivity index (χ2n) is 4.69. The maximum Gasteiger partial charge on any atom is 0.201 e. The summed E-state index contributed by atoms with van der Waals surface area (Å²) in [5.74, 6) is -0.140. The van der Waals surface area contributed by atoms with Crippen LogP contribution in [0.15, 0.2) is 59.9 Å². The molecule has 0 spiro atoms. The molecule has 2 heterocycles. The van der Waals surface area contributed by atoms with Crippen LogP contribution in [0.2, 0.25) is 0 Å². The molecule has 0 aliphatic heterocycles. The lowest BCUT2D eigenvalue weighted by atomic mass is 10.1. The van der Waals surface area contributed by atoms with Crippen LogP contribution in [0.25, 0.3) is 10.9 Å². The van der Waals surface area contributed by atoms with Crippen molar-refractivity contribution in [2.45, 2.75) is 10.8 Å². The predicted octanol–water partition coefficient (Wildman–Crippen LogP) is 2.19. The lowest BCUT2D eigenvalue weighted by Crippen LogP contribution is -2.09. The number of rotatable bonds is 3. The van der Waals surface area contributed by atoms with Crippen LogP contribution in [0.3, 0.4) is 0 Å². The van der Waals surface area contributed by atoms with Gasteiger partial charge in [0, 0.05) is 17.8 Å². The fraction of sp³-hybridized carbons (Fsp3) is 0.0667. The van der Waals surface area contributed by atoms with Crippen molar-refractivity contribution in [1.82, 2.24) is 9.97 Å². The van der Waals surface area contributed by atoms with E-state index < -0.39 is 9.84 Å². The second-order valence-corrected chi connectivity index (χ2v) is 6.59. The summed E-state index contributed by atoms with van der Waals surface area (Å²) >= 11 is 0. The Hall–Kier alpha value is -2.47. The molecule has 21 heavy (non-hydrogen) atoms. The summed E-state index contributed by atoms with van der Waals surface area (Å²) in [6.07, 6.45) is 3.13. The number of nitrogens with zero attached hydrogens (tertiary/aromatic N) is 2. The van der Waals surface area contributed by atoms with Crippen LogP contribution in [-0.2, 0) is 15.6 Å². The summed E-state index contributed by atoms with van der Waals surface area (Å²) in [7, 11) is -3.57. The number of aromatic nitrogens is 2. The Kier molecular flexibility index (Phi) is 3.31. The molecule has 0 amide bonds. The van der Waals surface area contributed by atoms with Gasteiger partial charge in [0.25, 0.3) is 0 Å². The molecule has 5 nitrogen and oxygen atoms in total. The Bertz CT molecular complexity index is 907.